The summed E-state index contributed by atoms with van der Waals surface area (Å²) in [6.07, 6.45) is 54.1. The minimum atomic E-state index is -0.784. The van der Waals surface area contributed by atoms with Gasteiger partial charge in [-0.2, -0.15) is 0 Å². The van der Waals surface area contributed by atoms with Crippen LogP contribution in [0.5, 0.6) is 0 Å². The molecule has 0 radical (unpaired) electrons. The number of esters is 1. The molecule has 0 rings (SSSR count). The molecule has 0 saturated heterocycles. The van der Waals surface area contributed by atoms with Crippen molar-refractivity contribution in [1.82, 2.24) is 5.32 Å². The Bertz CT molecular complexity index is 909. The number of hydrogen-bond acceptors (Lipinski definition) is 5. The second-order valence-electron chi connectivity index (χ2n) is 18.6. The molecule has 60 heavy (non-hydrogen) atoms. The highest BCUT2D eigenvalue weighted by Gasteiger charge is 2.24. The molecule has 3 unspecified atom stereocenters. The third-order valence-electron chi connectivity index (χ3n) is 12.6. The Balaban J connectivity index is 4.55. The summed E-state index contributed by atoms with van der Waals surface area (Å²) in [6, 6.07) is -0.697. The first-order chi connectivity index (χ1) is 29.5. The summed E-state index contributed by atoms with van der Waals surface area (Å²) in [5, 5.41) is 23.8. The first kappa shape index (κ1) is 58.6. The molecule has 0 aromatic rings. The predicted molar refractivity (Wildman–Crippen MR) is 260 cm³/mol. The minimum Gasteiger partial charge on any atom is -0.462 e. The second kappa shape index (κ2) is 48.6. The van der Waals surface area contributed by atoms with E-state index < -0.39 is 18.2 Å². The van der Waals surface area contributed by atoms with Crippen LogP contribution in [0.4, 0.5) is 0 Å². The minimum absolute atomic E-state index is 0.0791. The largest absolute Gasteiger partial charge is 0.462 e. The van der Waals surface area contributed by atoms with E-state index in [1.54, 1.807) is 0 Å². The average Bonchev–Trinajstić information content (AvgIpc) is 3.24. The van der Waals surface area contributed by atoms with Crippen LogP contribution < -0.4 is 5.32 Å². The summed E-state index contributed by atoms with van der Waals surface area (Å²) in [5.41, 5.74) is 0. The summed E-state index contributed by atoms with van der Waals surface area (Å²) >= 11 is 0. The Morgan fingerprint density at radius 2 is 0.800 bits per heavy atom. The van der Waals surface area contributed by atoms with Gasteiger partial charge in [0.1, 0.15) is 6.10 Å². The van der Waals surface area contributed by atoms with Crippen LogP contribution in [0.25, 0.3) is 0 Å². The molecule has 3 atom stereocenters. The quantitative estimate of drug-likeness (QED) is 0.0322. The molecule has 6 heteroatoms. The van der Waals surface area contributed by atoms with Crippen LogP contribution in [0.3, 0.4) is 0 Å². The molecule has 0 aliphatic carbocycles. The zero-order valence-corrected chi connectivity index (χ0v) is 40.6. The summed E-state index contributed by atoms with van der Waals surface area (Å²) in [7, 11) is 0. The molecule has 356 valence electrons. The van der Waals surface area contributed by atoms with Crippen LogP contribution in [-0.4, -0.2) is 46.9 Å². The fraction of sp³-hybridized carbons (Fsp3) is 0.926. The second-order valence-corrected chi connectivity index (χ2v) is 18.6. The van der Waals surface area contributed by atoms with Crippen molar-refractivity contribution in [3.8, 4) is 0 Å². The number of carbonyl (C=O) groups excluding carboxylic acids is 2. The highest BCUT2D eigenvalue weighted by Crippen LogP contribution is 2.18. The molecule has 0 bridgehead atoms. The van der Waals surface area contributed by atoms with Gasteiger partial charge in [0.15, 0.2) is 0 Å². The first-order valence-electron chi connectivity index (χ1n) is 26.9. The van der Waals surface area contributed by atoms with Gasteiger partial charge in [-0.3, -0.25) is 9.59 Å². The lowest BCUT2D eigenvalue weighted by Crippen LogP contribution is -2.46. The van der Waals surface area contributed by atoms with Crippen molar-refractivity contribution < 1.29 is 24.5 Å². The molecular formula is C54H105NO5. The lowest BCUT2D eigenvalue weighted by atomic mass is 10.0. The predicted octanol–water partition coefficient (Wildman–Crippen LogP) is 16.1. The Morgan fingerprint density at radius 3 is 1.18 bits per heavy atom. The van der Waals surface area contributed by atoms with E-state index in [-0.39, 0.29) is 24.9 Å². The number of rotatable bonds is 49. The number of aliphatic hydroxyl groups excluding tert-OH is 2. The van der Waals surface area contributed by atoms with Gasteiger partial charge < -0.3 is 20.3 Å². The summed E-state index contributed by atoms with van der Waals surface area (Å²) < 4.78 is 5.94. The van der Waals surface area contributed by atoms with E-state index in [9.17, 15) is 19.8 Å². The van der Waals surface area contributed by atoms with Gasteiger partial charge in [0.05, 0.1) is 25.2 Å². The van der Waals surface area contributed by atoms with E-state index in [4.69, 9.17) is 4.74 Å². The normalized spacial score (nSPS) is 13.2. The Labute approximate surface area is 374 Å². The van der Waals surface area contributed by atoms with E-state index >= 15 is 0 Å². The first-order valence-corrected chi connectivity index (χ1v) is 26.9. The zero-order chi connectivity index (χ0) is 43.8. The van der Waals surface area contributed by atoms with Gasteiger partial charge in [-0.15, -0.1) is 0 Å². The molecule has 0 aliphatic rings. The Hall–Kier alpha value is -1.40. The monoisotopic (exact) mass is 848 g/mol. The number of ether oxygens (including phenoxy) is 1. The van der Waals surface area contributed by atoms with Crippen molar-refractivity contribution in [3.05, 3.63) is 12.2 Å². The molecule has 0 spiro atoms. The van der Waals surface area contributed by atoms with Crippen molar-refractivity contribution >= 4 is 11.9 Å². The molecule has 0 aromatic heterocycles. The highest BCUT2D eigenvalue weighted by atomic mass is 16.5. The average molecular weight is 848 g/mol. The van der Waals surface area contributed by atoms with Crippen molar-refractivity contribution in [2.75, 3.05) is 6.61 Å². The molecule has 0 aliphatic heterocycles. The fourth-order valence-corrected chi connectivity index (χ4v) is 8.49. The number of nitrogens with one attached hydrogen (secondary N) is 1. The van der Waals surface area contributed by atoms with Gasteiger partial charge in [0.2, 0.25) is 5.91 Å². The molecule has 1 amide bonds. The lowest BCUT2D eigenvalue weighted by molar-refractivity contribution is -0.151. The van der Waals surface area contributed by atoms with E-state index in [1.807, 2.05) is 0 Å². The van der Waals surface area contributed by atoms with Gasteiger partial charge in [-0.1, -0.05) is 245 Å². The Kier molecular flexibility index (Phi) is 47.5. The molecule has 0 heterocycles. The maximum Gasteiger partial charge on any atom is 0.306 e. The number of amides is 1. The third kappa shape index (κ3) is 43.3. The number of carbonyl (C=O) groups is 2. The summed E-state index contributed by atoms with van der Waals surface area (Å²) in [6.45, 7) is 6.50. The van der Waals surface area contributed by atoms with Gasteiger partial charge in [0.25, 0.3) is 0 Å². The molecule has 3 N–H and O–H groups in total. The number of hydrogen-bond donors (Lipinski definition) is 3. The van der Waals surface area contributed by atoms with Crippen molar-refractivity contribution in [2.45, 2.75) is 315 Å². The maximum atomic E-state index is 13.2. The van der Waals surface area contributed by atoms with E-state index in [2.05, 4.69) is 38.2 Å². The van der Waals surface area contributed by atoms with Crippen LogP contribution in [0.1, 0.15) is 297 Å². The molecule has 0 fully saturated rings. The standard InChI is InChI=1S/C54H105NO5/c1-4-7-10-13-16-19-22-25-27-28-30-33-36-39-42-45-50(60-54(59)47-44-41-38-35-32-29-26-23-20-17-14-11-8-5-2)48-53(58)55-51(49-56)52(57)46-43-40-37-34-31-24-21-18-15-12-9-6-3/h25,27,50-52,56-57H,4-24,26,28-49H2,1-3H3,(H,55,58)/b27-25+. The molecular weight excluding hydrogens is 743 g/mol. The summed E-state index contributed by atoms with van der Waals surface area (Å²) in [4.78, 5) is 26.2. The third-order valence-corrected chi connectivity index (χ3v) is 12.6. The van der Waals surface area contributed by atoms with E-state index in [0.29, 0.717) is 19.3 Å². The number of aliphatic hydroxyl groups is 2. The van der Waals surface area contributed by atoms with Crippen molar-refractivity contribution in [1.29, 1.82) is 0 Å². The zero-order valence-electron chi connectivity index (χ0n) is 40.6. The van der Waals surface area contributed by atoms with Gasteiger partial charge in [0, 0.05) is 6.42 Å². The van der Waals surface area contributed by atoms with Gasteiger partial charge in [-0.25, -0.2) is 0 Å². The fourth-order valence-electron chi connectivity index (χ4n) is 8.49. The number of allylic oxidation sites excluding steroid dienone is 2. The summed E-state index contributed by atoms with van der Waals surface area (Å²) in [5.74, 6) is -0.463. The van der Waals surface area contributed by atoms with E-state index in [0.717, 1.165) is 57.8 Å². The topological polar surface area (TPSA) is 95.9 Å². The van der Waals surface area contributed by atoms with Crippen molar-refractivity contribution in [2.24, 2.45) is 0 Å². The van der Waals surface area contributed by atoms with Crippen LogP contribution >= 0.6 is 0 Å². The maximum absolute atomic E-state index is 13.2. The Morgan fingerprint density at radius 1 is 0.467 bits per heavy atom. The van der Waals surface area contributed by atoms with Crippen molar-refractivity contribution in [3.63, 3.8) is 0 Å². The van der Waals surface area contributed by atoms with Crippen LogP contribution in [0.2, 0.25) is 0 Å². The van der Waals surface area contributed by atoms with Crippen LogP contribution in [0.15, 0.2) is 12.2 Å². The van der Waals surface area contributed by atoms with E-state index in [1.165, 1.54) is 193 Å². The highest BCUT2D eigenvalue weighted by molar-refractivity contribution is 5.77. The lowest BCUT2D eigenvalue weighted by Gasteiger charge is -2.24. The van der Waals surface area contributed by atoms with Gasteiger partial charge >= 0.3 is 5.97 Å². The number of unbranched alkanes of at least 4 members (excludes halogenated alkanes) is 35. The smallest absolute Gasteiger partial charge is 0.306 e. The molecule has 6 nitrogen and oxygen atoms in total. The van der Waals surface area contributed by atoms with Crippen LogP contribution in [0, 0.1) is 0 Å². The van der Waals surface area contributed by atoms with Crippen LogP contribution in [-0.2, 0) is 14.3 Å². The van der Waals surface area contributed by atoms with Gasteiger partial charge in [-0.05, 0) is 51.4 Å². The molecule has 0 aromatic carbocycles. The molecule has 0 saturated carbocycles. The SMILES string of the molecule is CCCCCCCC/C=C/CCCCCCCC(CC(=O)NC(CO)C(O)CCCCCCCCCCCCCC)OC(=O)CCCCCCCCCCCCCCCC.